The summed E-state index contributed by atoms with van der Waals surface area (Å²) < 4.78 is 23.8. The molecule has 11 nitrogen and oxygen atoms in total. The molecule has 0 aliphatic carbocycles. The average Bonchev–Trinajstić information content (AvgIpc) is 3.35. The van der Waals surface area contributed by atoms with Crippen molar-refractivity contribution < 1.29 is 28.8 Å². The minimum absolute atomic E-state index is 0.108. The highest BCUT2D eigenvalue weighted by molar-refractivity contribution is 5.89. The number of nitrogen functional groups attached to an aromatic ring is 1. The second-order valence-electron chi connectivity index (χ2n) is 6.93. The number of carbonyl (C=O) groups is 1. The molecule has 1 fully saturated rings. The van der Waals surface area contributed by atoms with Gasteiger partial charge in [-0.05, 0) is 12.1 Å². The Morgan fingerprint density at radius 3 is 2.81 bits per heavy atom. The van der Waals surface area contributed by atoms with E-state index in [0.717, 1.165) is 0 Å². The van der Waals surface area contributed by atoms with Gasteiger partial charge in [-0.25, -0.2) is 19.7 Å². The fraction of sp³-hybridized carbons (Fsp3) is 0.400. The lowest BCUT2D eigenvalue weighted by Crippen LogP contribution is -2.38. The third kappa shape index (κ3) is 4.35. The van der Waals surface area contributed by atoms with E-state index >= 15 is 0 Å². The summed E-state index contributed by atoms with van der Waals surface area (Å²) in [5.74, 6) is -0.274. The van der Waals surface area contributed by atoms with Crippen LogP contribution in [0.25, 0.3) is 11.2 Å². The van der Waals surface area contributed by atoms with Crippen LogP contribution in [0.4, 0.5) is 5.82 Å². The molecule has 3 aromatic rings. The van der Waals surface area contributed by atoms with Crippen molar-refractivity contribution in [3.05, 3.63) is 48.5 Å². The Balaban J connectivity index is 1.53. The molecule has 3 heterocycles. The van der Waals surface area contributed by atoms with Gasteiger partial charge < -0.3 is 29.8 Å². The summed E-state index contributed by atoms with van der Waals surface area (Å²) in [6.07, 6.45) is -0.656. The molecular formula is C20H23N5O6. The van der Waals surface area contributed by atoms with Crippen molar-refractivity contribution in [2.45, 2.75) is 24.5 Å². The lowest BCUT2D eigenvalue weighted by Gasteiger charge is -2.20. The van der Waals surface area contributed by atoms with E-state index in [9.17, 15) is 9.90 Å². The zero-order valence-electron chi connectivity index (χ0n) is 16.8. The number of anilines is 1. The number of aliphatic hydroxyl groups excluding tert-OH is 1. The maximum atomic E-state index is 12.3. The van der Waals surface area contributed by atoms with E-state index in [0.29, 0.717) is 23.3 Å². The van der Waals surface area contributed by atoms with Crippen LogP contribution in [0.15, 0.2) is 43.0 Å². The first-order valence-electron chi connectivity index (χ1n) is 9.69. The summed E-state index contributed by atoms with van der Waals surface area (Å²) in [4.78, 5) is 24.6. The lowest BCUT2D eigenvalue weighted by molar-refractivity contribution is -0.0721. The summed E-state index contributed by atoms with van der Waals surface area (Å²) in [6, 6.07) is 8.62. The van der Waals surface area contributed by atoms with Gasteiger partial charge in [0.15, 0.2) is 17.7 Å². The highest BCUT2D eigenvalue weighted by Gasteiger charge is 2.46. The third-order valence-electron chi connectivity index (χ3n) is 4.96. The maximum Gasteiger partial charge on any atom is 0.338 e. The number of aromatic nitrogens is 4. The van der Waals surface area contributed by atoms with E-state index in [1.54, 1.807) is 35.9 Å². The highest BCUT2D eigenvalue weighted by atomic mass is 16.6. The third-order valence-corrected chi connectivity index (χ3v) is 4.96. The molecule has 0 radical (unpaired) electrons. The van der Waals surface area contributed by atoms with Crippen LogP contribution in [-0.4, -0.2) is 75.8 Å². The Labute approximate surface area is 177 Å². The van der Waals surface area contributed by atoms with Gasteiger partial charge in [0.2, 0.25) is 0 Å². The summed E-state index contributed by atoms with van der Waals surface area (Å²) >= 11 is 0. The molecule has 3 N–H and O–H groups in total. The van der Waals surface area contributed by atoms with Gasteiger partial charge in [-0.1, -0.05) is 18.2 Å². The second-order valence-corrected chi connectivity index (χ2v) is 6.93. The van der Waals surface area contributed by atoms with Crippen LogP contribution in [0.3, 0.4) is 0 Å². The molecule has 31 heavy (non-hydrogen) atoms. The van der Waals surface area contributed by atoms with Crippen molar-refractivity contribution >= 4 is 23.0 Å². The van der Waals surface area contributed by atoms with Gasteiger partial charge in [-0.15, -0.1) is 0 Å². The fourth-order valence-electron chi connectivity index (χ4n) is 3.43. The quantitative estimate of drug-likeness (QED) is 0.385. The molecule has 11 heteroatoms. The number of imidazole rings is 1. The Morgan fingerprint density at radius 2 is 2.03 bits per heavy atom. The molecular weight excluding hydrogens is 406 g/mol. The Hall–Kier alpha value is -3.12. The number of aliphatic hydroxyl groups is 1. The van der Waals surface area contributed by atoms with E-state index < -0.39 is 30.5 Å². The summed E-state index contributed by atoms with van der Waals surface area (Å²) in [5, 5.41) is 10.9. The van der Waals surface area contributed by atoms with Crippen LogP contribution in [0.2, 0.25) is 0 Å². The number of benzene rings is 1. The first-order valence-corrected chi connectivity index (χ1v) is 9.69. The Bertz CT molecular complexity index is 1030. The SMILES string of the molecule is COCCO[C@H]1[C@@H](O)[C@H](n2cnc3c(N)ncnc32)O[C@@H]1COC(=O)c1ccccc1. The smallest absolute Gasteiger partial charge is 0.338 e. The molecule has 1 aliphatic rings. The van der Waals surface area contributed by atoms with Gasteiger partial charge >= 0.3 is 5.97 Å². The van der Waals surface area contributed by atoms with Gasteiger partial charge in [0, 0.05) is 7.11 Å². The first-order chi connectivity index (χ1) is 15.1. The monoisotopic (exact) mass is 429 g/mol. The molecule has 164 valence electrons. The number of hydrogen-bond donors (Lipinski definition) is 2. The van der Waals surface area contributed by atoms with E-state index in [-0.39, 0.29) is 19.0 Å². The van der Waals surface area contributed by atoms with Crippen LogP contribution < -0.4 is 5.73 Å². The van der Waals surface area contributed by atoms with Crippen LogP contribution in [0.1, 0.15) is 16.6 Å². The number of methoxy groups -OCH3 is 1. The zero-order valence-corrected chi connectivity index (χ0v) is 16.8. The van der Waals surface area contributed by atoms with Crippen LogP contribution >= 0.6 is 0 Å². The molecule has 0 unspecified atom stereocenters. The van der Waals surface area contributed by atoms with Gasteiger partial charge in [0.1, 0.15) is 36.8 Å². The number of rotatable bonds is 8. The zero-order chi connectivity index (χ0) is 21.8. The Kier molecular flexibility index (Phi) is 6.37. The molecule has 4 atom stereocenters. The van der Waals surface area contributed by atoms with E-state index in [4.69, 9.17) is 24.7 Å². The minimum atomic E-state index is -1.08. The van der Waals surface area contributed by atoms with Gasteiger partial charge in [-0.3, -0.25) is 4.57 Å². The first kappa shape index (κ1) is 21.1. The molecule has 0 saturated carbocycles. The number of hydrogen-bond acceptors (Lipinski definition) is 10. The second kappa shape index (κ2) is 9.35. The van der Waals surface area contributed by atoms with E-state index in [1.165, 1.54) is 12.7 Å². The molecule has 0 spiro atoms. The fourth-order valence-corrected chi connectivity index (χ4v) is 3.43. The number of carbonyl (C=O) groups excluding carboxylic acids is 1. The standard InChI is InChI=1S/C20H23N5O6/c1-28-7-8-29-16-13(9-30-20(27)12-5-3-2-4-6-12)31-19(15(16)26)25-11-24-14-17(21)22-10-23-18(14)25/h2-6,10-11,13,15-16,19,26H,7-9H2,1H3,(H2,21,22,23)/t13-,15-,16-,19-/m1/s1. The predicted molar refractivity (Wildman–Crippen MR) is 108 cm³/mol. The van der Waals surface area contributed by atoms with Crippen LogP contribution in [-0.2, 0) is 18.9 Å². The molecule has 1 saturated heterocycles. The van der Waals surface area contributed by atoms with E-state index in [2.05, 4.69) is 15.0 Å². The summed E-state index contributed by atoms with van der Waals surface area (Å²) in [7, 11) is 1.55. The van der Waals surface area contributed by atoms with Crippen molar-refractivity contribution in [2.75, 3.05) is 32.7 Å². The topological polar surface area (TPSA) is 144 Å². The molecule has 0 bridgehead atoms. The number of fused-ring (bicyclic) bond motifs is 1. The van der Waals surface area contributed by atoms with Gasteiger partial charge in [0.25, 0.3) is 0 Å². The number of esters is 1. The summed E-state index contributed by atoms with van der Waals surface area (Å²) in [5.41, 5.74) is 7.08. The van der Waals surface area contributed by atoms with Crippen molar-refractivity contribution in [3.8, 4) is 0 Å². The molecule has 1 aliphatic heterocycles. The highest BCUT2D eigenvalue weighted by Crippen LogP contribution is 2.33. The van der Waals surface area contributed by atoms with Gasteiger partial charge in [0.05, 0.1) is 25.1 Å². The molecule has 1 aromatic carbocycles. The van der Waals surface area contributed by atoms with Crippen LogP contribution in [0, 0.1) is 0 Å². The largest absolute Gasteiger partial charge is 0.459 e. The van der Waals surface area contributed by atoms with E-state index in [1.807, 2.05) is 6.07 Å². The molecule has 0 amide bonds. The lowest BCUT2D eigenvalue weighted by atomic mass is 10.1. The normalized spacial score (nSPS) is 23.3. The molecule has 2 aromatic heterocycles. The number of nitrogens with zero attached hydrogens (tertiary/aromatic N) is 4. The van der Waals surface area contributed by atoms with Crippen molar-refractivity contribution in [3.63, 3.8) is 0 Å². The van der Waals surface area contributed by atoms with Crippen molar-refractivity contribution in [1.29, 1.82) is 0 Å². The minimum Gasteiger partial charge on any atom is -0.459 e. The van der Waals surface area contributed by atoms with Crippen molar-refractivity contribution in [1.82, 2.24) is 19.5 Å². The van der Waals surface area contributed by atoms with Crippen molar-refractivity contribution in [2.24, 2.45) is 0 Å². The van der Waals surface area contributed by atoms with Crippen LogP contribution in [0.5, 0.6) is 0 Å². The number of ether oxygens (including phenoxy) is 4. The summed E-state index contributed by atoms with van der Waals surface area (Å²) in [6.45, 7) is 0.460. The average molecular weight is 429 g/mol. The van der Waals surface area contributed by atoms with Gasteiger partial charge in [-0.2, -0.15) is 0 Å². The maximum absolute atomic E-state index is 12.3. The Morgan fingerprint density at radius 1 is 1.23 bits per heavy atom. The number of nitrogens with two attached hydrogens (primary N) is 1. The predicted octanol–water partition coefficient (Wildman–Crippen LogP) is 0.555. The molecule has 4 rings (SSSR count).